The van der Waals surface area contributed by atoms with Gasteiger partial charge in [-0.05, 0) is 62.8 Å². The van der Waals surface area contributed by atoms with Crippen LogP contribution in [0, 0.1) is 0 Å². The average Bonchev–Trinajstić information content (AvgIpc) is 2.54. The van der Waals surface area contributed by atoms with Gasteiger partial charge in [-0.3, -0.25) is 4.55 Å². The van der Waals surface area contributed by atoms with E-state index in [1.54, 1.807) is 0 Å². The van der Waals surface area contributed by atoms with E-state index in [0.717, 1.165) is 25.7 Å². The minimum absolute atomic E-state index is 0.520. The summed E-state index contributed by atoms with van der Waals surface area (Å²) in [6.45, 7) is 7.13. The first-order valence-electron chi connectivity index (χ1n) is 9.98. The van der Waals surface area contributed by atoms with Gasteiger partial charge in [0.1, 0.15) is 5.75 Å². The van der Waals surface area contributed by atoms with Crippen LogP contribution in [0.3, 0.4) is 0 Å². The molecule has 0 aliphatic heterocycles. The summed E-state index contributed by atoms with van der Waals surface area (Å²) in [5.41, 5.74) is 2.35. The van der Waals surface area contributed by atoms with Gasteiger partial charge in [0, 0.05) is 0 Å². The van der Waals surface area contributed by atoms with Crippen LogP contribution >= 0.6 is 0 Å². The predicted molar refractivity (Wildman–Crippen MR) is 108 cm³/mol. The average molecular weight is 385 g/mol. The van der Waals surface area contributed by atoms with Crippen LogP contribution < -0.4 is 4.74 Å². The largest absolute Gasteiger partial charge is 0.469 e. The van der Waals surface area contributed by atoms with Crippen molar-refractivity contribution in [1.82, 2.24) is 0 Å². The van der Waals surface area contributed by atoms with Crippen molar-refractivity contribution in [3.8, 4) is 5.75 Å². The number of aryl methyl sites for hydroxylation is 2. The smallest absolute Gasteiger partial charge is 0.305 e. The van der Waals surface area contributed by atoms with E-state index in [9.17, 15) is 13.0 Å². The van der Waals surface area contributed by atoms with Gasteiger partial charge in [0.25, 0.3) is 0 Å². The Bertz CT molecular complexity index is 605. The third-order valence-electron chi connectivity index (χ3n) is 4.65. The van der Waals surface area contributed by atoms with E-state index in [1.165, 1.54) is 63.5 Å². The van der Waals surface area contributed by atoms with E-state index in [-0.39, 0.29) is 0 Å². The lowest BCUT2D eigenvalue weighted by molar-refractivity contribution is 0.178. The van der Waals surface area contributed by atoms with Crippen LogP contribution in [0.2, 0.25) is 0 Å². The van der Waals surface area contributed by atoms with E-state index in [2.05, 4.69) is 19.9 Å². The minimum atomic E-state index is -4.30. The highest BCUT2D eigenvalue weighted by Gasteiger charge is 2.35. The summed E-state index contributed by atoms with van der Waals surface area (Å²) in [5, 5.41) is 0. The summed E-state index contributed by atoms with van der Waals surface area (Å²) < 4.78 is 38.1. The van der Waals surface area contributed by atoms with E-state index < -0.39 is 15.1 Å². The van der Waals surface area contributed by atoms with Crippen molar-refractivity contribution >= 4 is 10.1 Å². The fraction of sp³-hybridized carbons (Fsp3) is 0.714. The van der Waals surface area contributed by atoms with Crippen molar-refractivity contribution in [2.45, 2.75) is 96.8 Å². The first-order chi connectivity index (χ1) is 12.2. The molecule has 1 rings (SSSR count). The highest BCUT2D eigenvalue weighted by atomic mass is 32.2. The monoisotopic (exact) mass is 384 g/mol. The predicted octanol–water partition coefficient (Wildman–Crippen LogP) is 5.93. The van der Waals surface area contributed by atoms with Gasteiger partial charge < -0.3 is 4.74 Å². The fourth-order valence-electron chi connectivity index (χ4n) is 2.92. The van der Waals surface area contributed by atoms with Crippen LogP contribution in [0.4, 0.5) is 0 Å². The fourth-order valence-corrected chi connectivity index (χ4v) is 3.13. The topological polar surface area (TPSA) is 63.6 Å². The van der Waals surface area contributed by atoms with Crippen molar-refractivity contribution in [1.29, 1.82) is 0 Å². The van der Waals surface area contributed by atoms with Crippen molar-refractivity contribution in [3.63, 3.8) is 0 Å². The van der Waals surface area contributed by atoms with Crippen LogP contribution in [0.25, 0.3) is 0 Å². The normalized spacial score (nSPS) is 12.3. The van der Waals surface area contributed by atoms with Crippen LogP contribution in [0.5, 0.6) is 5.75 Å². The summed E-state index contributed by atoms with van der Waals surface area (Å²) in [6.07, 6.45) is 11.4. The van der Waals surface area contributed by atoms with E-state index in [0.29, 0.717) is 5.75 Å². The number of hydrogen-bond acceptors (Lipinski definition) is 3. The maximum atomic E-state index is 11.5. The van der Waals surface area contributed by atoms with Crippen molar-refractivity contribution < 1.29 is 17.7 Å². The van der Waals surface area contributed by atoms with Gasteiger partial charge in [-0.25, -0.2) is 0 Å². The highest BCUT2D eigenvalue weighted by Crippen LogP contribution is 2.26. The minimum Gasteiger partial charge on any atom is -0.469 e. The summed E-state index contributed by atoms with van der Waals surface area (Å²) in [5.74, 6) is 0.520. The number of ether oxygens (including phenoxy) is 1. The molecule has 0 aliphatic rings. The lowest BCUT2D eigenvalue weighted by atomic mass is 10.00. The SMILES string of the molecule is CCCCCCc1cc(CCCCCC)cc(OC(C)(C)S(=O)(=O)O)c1. The van der Waals surface area contributed by atoms with Crippen LogP contribution in [0.1, 0.15) is 90.2 Å². The molecular formula is C21H36O4S. The van der Waals surface area contributed by atoms with Gasteiger partial charge in [0.05, 0.1) is 0 Å². The van der Waals surface area contributed by atoms with Crippen LogP contribution in [-0.4, -0.2) is 17.9 Å². The second kappa shape index (κ2) is 10.9. The van der Waals surface area contributed by atoms with E-state index >= 15 is 0 Å². The molecule has 0 atom stereocenters. The molecule has 0 bridgehead atoms. The Morgan fingerprint density at radius 1 is 0.846 bits per heavy atom. The Labute approximate surface area is 160 Å². The van der Waals surface area contributed by atoms with Crippen LogP contribution in [-0.2, 0) is 23.0 Å². The lowest BCUT2D eigenvalue weighted by Gasteiger charge is -2.24. The standard InChI is InChI=1S/C21H36O4S/c1-5-7-9-11-13-18-15-19(14-12-10-8-6-2)17-20(16-18)25-21(3,4)26(22,23)24/h15-17H,5-14H2,1-4H3,(H,22,23,24). The third-order valence-corrected chi connectivity index (χ3v) is 5.97. The molecule has 150 valence electrons. The molecule has 26 heavy (non-hydrogen) atoms. The summed E-state index contributed by atoms with van der Waals surface area (Å²) >= 11 is 0. The molecule has 0 saturated heterocycles. The number of rotatable bonds is 13. The molecule has 1 N–H and O–H groups in total. The van der Waals surface area contributed by atoms with E-state index in [1.807, 2.05) is 12.1 Å². The molecule has 1 aromatic carbocycles. The molecular weight excluding hydrogens is 348 g/mol. The lowest BCUT2D eigenvalue weighted by Crippen LogP contribution is -2.37. The zero-order valence-electron chi connectivity index (χ0n) is 16.9. The molecule has 0 radical (unpaired) electrons. The molecule has 0 aliphatic carbocycles. The molecule has 0 spiro atoms. The molecule has 0 saturated carbocycles. The first-order valence-corrected chi connectivity index (χ1v) is 11.4. The zero-order chi connectivity index (χ0) is 19.6. The quantitative estimate of drug-likeness (QED) is 0.338. The molecule has 1 aromatic rings. The summed E-state index contributed by atoms with van der Waals surface area (Å²) in [7, 11) is -4.30. The Morgan fingerprint density at radius 3 is 1.69 bits per heavy atom. The molecule has 0 amide bonds. The maximum absolute atomic E-state index is 11.5. The highest BCUT2D eigenvalue weighted by molar-refractivity contribution is 7.87. The first kappa shape index (κ1) is 23.0. The number of hydrogen-bond donors (Lipinski definition) is 1. The second-order valence-corrected chi connectivity index (χ2v) is 9.52. The van der Waals surface area contributed by atoms with Gasteiger partial charge in [-0.2, -0.15) is 8.42 Å². The summed E-state index contributed by atoms with van der Waals surface area (Å²) in [4.78, 5) is -1.66. The maximum Gasteiger partial charge on any atom is 0.305 e. The second-order valence-electron chi connectivity index (χ2n) is 7.58. The Balaban J connectivity index is 2.91. The van der Waals surface area contributed by atoms with Crippen molar-refractivity contribution in [3.05, 3.63) is 29.3 Å². The molecule has 4 nitrogen and oxygen atoms in total. The van der Waals surface area contributed by atoms with Gasteiger partial charge in [0.15, 0.2) is 0 Å². The van der Waals surface area contributed by atoms with Crippen molar-refractivity contribution in [2.24, 2.45) is 0 Å². The van der Waals surface area contributed by atoms with Crippen LogP contribution in [0.15, 0.2) is 18.2 Å². The summed E-state index contributed by atoms with van der Waals surface area (Å²) in [6, 6.07) is 6.04. The zero-order valence-corrected chi connectivity index (χ0v) is 17.7. The number of unbranched alkanes of at least 4 members (excludes halogenated alkanes) is 6. The molecule has 0 heterocycles. The molecule has 5 heteroatoms. The molecule has 0 fully saturated rings. The Morgan fingerprint density at radius 2 is 1.31 bits per heavy atom. The van der Waals surface area contributed by atoms with Crippen molar-refractivity contribution in [2.75, 3.05) is 0 Å². The molecule has 0 unspecified atom stereocenters. The molecule has 0 aromatic heterocycles. The Kier molecular flexibility index (Phi) is 9.66. The number of benzene rings is 1. The van der Waals surface area contributed by atoms with Gasteiger partial charge >= 0.3 is 10.1 Å². The van der Waals surface area contributed by atoms with Gasteiger partial charge in [0.2, 0.25) is 4.93 Å². The third kappa shape index (κ3) is 8.09. The Hall–Kier alpha value is -1.07. The van der Waals surface area contributed by atoms with Gasteiger partial charge in [-0.1, -0.05) is 58.4 Å². The van der Waals surface area contributed by atoms with E-state index in [4.69, 9.17) is 4.74 Å². The van der Waals surface area contributed by atoms with Gasteiger partial charge in [-0.15, -0.1) is 0 Å².